The van der Waals surface area contributed by atoms with Crippen molar-refractivity contribution in [3.05, 3.63) is 23.5 Å². The fourth-order valence-corrected chi connectivity index (χ4v) is 1.74. The first-order chi connectivity index (χ1) is 9.61. The monoisotopic (exact) mass is 296 g/mol. The van der Waals surface area contributed by atoms with Gasteiger partial charge in [0.25, 0.3) is 0 Å². The number of hydrogen-bond acceptors (Lipinski definition) is 6. The summed E-state index contributed by atoms with van der Waals surface area (Å²) in [5.74, 6) is 0.0553. The number of nitrogens with zero attached hydrogens (tertiary/aromatic N) is 4. The molecule has 8 heteroatoms. The van der Waals surface area contributed by atoms with E-state index in [0.29, 0.717) is 23.0 Å². The maximum atomic E-state index is 11.2. The van der Waals surface area contributed by atoms with E-state index in [4.69, 9.17) is 21.1 Å². The van der Waals surface area contributed by atoms with Gasteiger partial charge in [0, 0.05) is 25.0 Å². The van der Waals surface area contributed by atoms with Gasteiger partial charge in [0.2, 0.25) is 0 Å². The predicted octanol–water partition coefficient (Wildman–Crippen LogP) is 1.47. The van der Waals surface area contributed by atoms with Gasteiger partial charge in [0.1, 0.15) is 0 Å². The standard InChI is InChI=1S/C12H13ClN4O3/c1-3-19-10(18)7-20-12-15-11(17(2)16-12)8-4-5-14-6-9(8)13/h4-6H,3,7H2,1-2H3. The number of aromatic nitrogens is 4. The van der Waals surface area contributed by atoms with Gasteiger partial charge >= 0.3 is 12.0 Å². The molecule has 0 fully saturated rings. The number of carbonyl (C=O) groups excluding carboxylic acids is 1. The molecule has 2 heterocycles. The Morgan fingerprint density at radius 3 is 3.00 bits per heavy atom. The Labute approximate surface area is 120 Å². The maximum absolute atomic E-state index is 11.2. The quantitative estimate of drug-likeness (QED) is 0.778. The Hall–Kier alpha value is -2.15. The highest BCUT2D eigenvalue weighted by Gasteiger charge is 2.14. The number of halogens is 1. The van der Waals surface area contributed by atoms with E-state index in [1.807, 2.05) is 0 Å². The molecule has 0 aliphatic heterocycles. The molecule has 0 bridgehead atoms. The van der Waals surface area contributed by atoms with Gasteiger partial charge in [-0.2, -0.15) is 4.98 Å². The van der Waals surface area contributed by atoms with Crippen LogP contribution in [0.5, 0.6) is 6.01 Å². The average molecular weight is 297 g/mol. The van der Waals surface area contributed by atoms with Crippen LogP contribution in [0.3, 0.4) is 0 Å². The zero-order valence-corrected chi connectivity index (χ0v) is 11.8. The lowest BCUT2D eigenvalue weighted by Gasteiger charge is -2.01. The van der Waals surface area contributed by atoms with Gasteiger partial charge in [-0.3, -0.25) is 4.98 Å². The fourth-order valence-electron chi connectivity index (χ4n) is 1.54. The summed E-state index contributed by atoms with van der Waals surface area (Å²) in [5.41, 5.74) is 0.683. The molecule has 106 valence electrons. The zero-order valence-electron chi connectivity index (χ0n) is 11.0. The molecule has 0 saturated heterocycles. The van der Waals surface area contributed by atoms with Gasteiger partial charge in [-0.25, -0.2) is 9.48 Å². The van der Waals surface area contributed by atoms with Crippen molar-refractivity contribution in [3.63, 3.8) is 0 Å². The summed E-state index contributed by atoms with van der Waals surface area (Å²) in [5, 5.41) is 4.51. The molecule has 0 aliphatic rings. The van der Waals surface area contributed by atoms with E-state index < -0.39 is 5.97 Å². The number of carbonyl (C=O) groups is 1. The molecule has 0 amide bonds. The second-order valence-electron chi connectivity index (χ2n) is 3.79. The van der Waals surface area contributed by atoms with Crippen molar-refractivity contribution in [2.24, 2.45) is 7.05 Å². The van der Waals surface area contributed by atoms with Gasteiger partial charge < -0.3 is 9.47 Å². The molecule has 0 N–H and O–H groups in total. The summed E-state index contributed by atoms with van der Waals surface area (Å²) >= 11 is 6.05. The van der Waals surface area contributed by atoms with Crippen LogP contribution in [0.25, 0.3) is 11.4 Å². The largest absolute Gasteiger partial charge is 0.463 e. The van der Waals surface area contributed by atoms with Crippen molar-refractivity contribution in [2.75, 3.05) is 13.2 Å². The van der Waals surface area contributed by atoms with E-state index in [0.717, 1.165) is 0 Å². The van der Waals surface area contributed by atoms with E-state index in [1.54, 1.807) is 26.2 Å². The second kappa shape index (κ2) is 6.33. The van der Waals surface area contributed by atoms with E-state index in [-0.39, 0.29) is 12.6 Å². The van der Waals surface area contributed by atoms with Gasteiger partial charge in [0.15, 0.2) is 12.4 Å². The molecular formula is C12H13ClN4O3. The van der Waals surface area contributed by atoms with Crippen LogP contribution >= 0.6 is 11.6 Å². The molecule has 0 atom stereocenters. The number of pyridine rings is 1. The molecule has 0 unspecified atom stereocenters. The summed E-state index contributed by atoms with van der Waals surface area (Å²) < 4.78 is 11.4. The number of aryl methyl sites for hydroxylation is 1. The normalized spacial score (nSPS) is 10.3. The Kier molecular flexibility index (Phi) is 4.52. The minimum Gasteiger partial charge on any atom is -0.463 e. The van der Waals surface area contributed by atoms with Crippen LogP contribution in [0.15, 0.2) is 18.5 Å². The fraction of sp³-hybridized carbons (Fsp3) is 0.333. The minimum atomic E-state index is -0.469. The molecule has 2 aromatic rings. The zero-order chi connectivity index (χ0) is 14.5. The third kappa shape index (κ3) is 3.24. The lowest BCUT2D eigenvalue weighted by Crippen LogP contribution is -2.15. The third-order valence-electron chi connectivity index (χ3n) is 2.38. The van der Waals surface area contributed by atoms with E-state index >= 15 is 0 Å². The Morgan fingerprint density at radius 2 is 2.30 bits per heavy atom. The minimum absolute atomic E-state index is 0.0865. The van der Waals surface area contributed by atoms with Gasteiger partial charge in [-0.1, -0.05) is 11.6 Å². The first-order valence-corrected chi connectivity index (χ1v) is 6.29. The van der Waals surface area contributed by atoms with E-state index in [1.165, 1.54) is 10.9 Å². The number of hydrogen-bond donors (Lipinski definition) is 0. The predicted molar refractivity (Wildman–Crippen MR) is 71.4 cm³/mol. The van der Waals surface area contributed by atoms with Crippen LogP contribution in [-0.2, 0) is 16.6 Å². The molecular weight excluding hydrogens is 284 g/mol. The summed E-state index contributed by atoms with van der Waals surface area (Å²) in [6.45, 7) is 1.79. The summed E-state index contributed by atoms with van der Waals surface area (Å²) in [6, 6.07) is 1.81. The molecule has 0 saturated carbocycles. The lowest BCUT2D eigenvalue weighted by atomic mass is 10.2. The van der Waals surface area contributed by atoms with Crippen LogP contribution in [0, 0.1) is 0 Å². The van der Waals surface area contributed by atoms with Gasteiger partial charge in [0.05, 0.1) is 11.6 Å². The number of ether oxygens (including phenoxy) is 2. The summed E-state index contributed by atoms with van der Waals surface area (Å²) in [7, 11) is 1.70. The van der Waals surface area contributed by atoms with Crippen LogP contribution < -0.4 is 4.74 Å². The second-order valence-corrected chi connectivity index (χ2v) is 4.20. The van der Waals surface area contributed by atoms with Gasteiger partial charge in [-0.05, 0) is 13.0 Å². The highest BCUT2D eigenvalue weighted by Crippen LogP contribution is 2.25. The topological polar surface area (TPSA) is 79.1 Å². The molecule has 0 spiro atoms. The van der Waals surface area contributed by atoms with Gasteiger partial charge in [-0.15, -0.1) is 5.10 Å². The molecule has 2 rings (SSSR count). The average Bonchev–Trinajstić information content (AvgIpc) is 2.79. The van der Waals surface area contributed by atoms with Crippen LogP contribution in [0.4, 0.5) is 0 Å². The third-order valence-corrected chi connectivity index (χ3v) is 2.68. The van der Waals surface area contributed by atoms with Crippen LogP contribution in [0.1, 0.15) is 6.92 Å². The first kappa shape index (κ1) is 14.3. The summed E-state index contributed by atoms with van der Waals surface area (Å²) in [6.07, 6.45) is 3.12. The van der Waals surface area contributed by atoms with Crippen LogP contribution in [0.2, 0.25) is 5.02 Å². The molecule has 2 aromatic heterocycles. The maximum Gasteiger partial charge on any atom is 0.344 e. The van der Waals surface area contributed by atoms with Crippen molar-refractivity contribution in [3.8, 4) is 17.4 Å². The van der Waals surface area contributed by atoms with Crippen molar-refractivity contribution < 1.29 is 14.3 Å². The Morgan fingerprint density at radius 1 is 1.50 bits per heavy atom. The highest BCUT2D eigenvalue weighted by molar-refractivity contribution is 6.33. The van der Waals surface area contributed by atoms with Crippen LogP contribution in [-0.4, -0.2) is 38.9 Å². The smallest absolute Gasteiger partial charge is 0.344 e. The van der Waals surface area contributed by atoms with E-state index in [9.17, 15) is 4.79 Å². The Bertz CT molecular complexity index is 614. The molecule has 0 radical (unpaired) electrons. The SMILES string of the molecule is CCOC(=O)COc1nc(-c2ccncc2Cl)n(C)n1. The molecule has 20 heavy (non-hydrogen) atoms. The molecule has 0 aliphatic carbocycles. The first-order valence-electron chi connectivity index (χ1n) is 5.91. The van der Waals surface area contributed by atoms with Crippen molar-refractivity contribution in [1.29, 1.82) is 0 Å². The molecule has 0 aromatic carbocycles. The van der Waals surface area contributed by atoms with Crippen molar-refractivity contribution >= 4 is 17.6 Å². The van der Waals surface area contributed by atoms with Crippen molar-refractivity contribution in [2.45, 2.75) is 6.92 Å². The Balaban J connectivity index is 2.14. The molecule has 7 nitrogen and oxygen atoms in total. The number of rotatable bonds is 5. The summed E-state index contributed by atoms with van der Waals surface area (Å²) in [4.78, 5) is 19.3. The lowest BCUT2D eigenvalue weighted by molar-refractivity contribution is -0.145. The number of esters is 1. The van der Waals surface area contributed by atoms with Crippen molar-refractivity contribution in [1.82, 2.24) is 19.7 Å². The van der Waals surface area contributed by atoms with E-state index in [2.05, 4.69) is 15.1 Å². The highest BCUT2D eigenvalue weighted by atomic mass is 35.5.